The summed E-state index contributed by atoms with van der Waals surface area (Å²) in [6, 6.07) is 3.63. The third-order valence-corrected chi connectivity index (χ3v) is 2.67. The van der Waals surface area contributed by atoms with Gasteiger partial charge in [0.2, 0.25) is 0 Å². The minimum absolute atomic E-state index is 0.0379. The zero-order valence-electron chi connectivity index (χ0n) is 7.37. The van der Waals surface area contributed by atoms with E-state index in [1.807, 2.05) is 0 Å². The Morgan fingerprint density at radius 1 is 1.64 bits per heavy atom. The monoisotopic (exact) mass is 210 g/mol. The summed E-state index contributed by atoms with van der Waals surface area (Å²) < 4.78 is 12.8. The van der Waals surface area contributed by atoms with Gasteiger partial charge in [0.1, 0.15) is 0 Å². The fourth-order valence-corrected chi connectivity index (χ4v) is 1.60. The maximum Gasteiger partial charge on any atom is 0.160 e. The molecule has 72 valence electrons. The van der Waals surface area contributed by atoms with Gasteiger partial charge in [-0.3, -0.25) is 4.98 Å². The van der Waals surface area contributed by atoms with Crippen molar-refractivity contribution in [3.8, 4) is 6.07 Å². The van der Waals surface area contributed by atoms with Gasteiger partial charge in [0.15, 0.2) is 5.82 Å². The summed E-state index contributed by atoms with van der Waals surface area (Å²) in [6.45, 7) is 0. The lowest BCUT2D eigenvalue weighted by molar-refractivity contribution is 0.615. The Balaban J connectivity index is 2.31. The predicted molar refractivity (Wildman–Crippen MR) is 50.3 cm³/mol. The number of hydrogen-bond donors (Lipinski definition) is 0. The third kappa shape index (κ3) is 1.71. The van der Waals surface area contributed by atoms with E-state index in [1.165, 1.54) is 6.07 Å². The van der Waals surface area contributed by atoms with Crippen LogP contribution in [-0.2, 0) is 0 Å². The average Bonchev–Trinajstić information content (AvgIpc) is 2.96. The first-order chi connectivity index (χ1) is 6.72. The second-order valence-corrected chi connectivity index (χ2v) is 3.87. The first kappa shape index (κ1) is 9.42. The third-order valence-electron chi connectivity index (χ3n) is 2.38. The van der Waals surface area contributed by atoms with Gasteiger partial charge in [0, 0.05) is 0 Å². The van der Waals surface area contributed by atoms with Gasteiger partial charge < -0.3 is 0 Å². The normalized spacial score (nSPS) is 17.5. The molecule has 14 heavy (non-hydrogen) atoms. The van der Waals surface area contributed by atoms with Gasteiger partial charge in [0.05, 0.1) is 28.9 Å². The Morgan fingerprint density at radius 2 is 2.36 bits per heavy atom. The fraction of sp³-hybridized carbons (Fsp3) is 0.400. The van der Waals surface area contributed by atoms with Crippen molar-refractivity contribution in [2.75, 3.05) is 0 Å². The number of nitriles is 1. The Morgan fingerprint density at radius 3 is 2.86 bits per heavy atom. The molecule has 4 heteroatoms. The van der Waals surface area contributed by atoms with Gasteiger partial charge in [-0.15, -0.1) is 0 Å². The highest BCUT2D eigenvalue weighted by molar-refractivity contribution is 6.30. The Hall–Kier alpha value is -1.14. The van der Waals surface area contributed by atoms with Crippen LogP contribution in [0.5, 0.6) is 0 Å². The summed E-state index contributed by atoms with van der Waals surface area (Å²) in [5.41, 5.74) is 0.585. The summed E-state index contributed by atoms with van der Waals surface area (Å²) in [4.78, 5) is 3.89. The molecule has 0 radical (unpaired) electrons. The summed E-state index contributed by atoms with van der Waals surface area (Å²) in [5.74, 6) is -0.384. The van der Waals surface area contributed by atoms with Crippen molar-refractivity contribution < 1.29 is 4.39 Å². The molecule has 0 aromatic carbocycles. The quantitative estimate of drug-likeness (QED) is 0.753. The van der Waals surface area contributed by atoms with Gasteiger partial charge in [-0.1, -0.05) is 11.6 Å². The van der Waals surface area contributed by atoms with Crippen LogP contribution in [0, 0.1) is 23.1 Å². The topological polar surface area (TPSA) is 36.7 Å². The number of halogens is 2. The molecule has 1 unspecified atom stereocenters. The van der Waals surface area contributed by atoms with E-state index in [4.69, 9.17) is 16.9 Å². The zero-order valence-corrected chi connectivity index (χ0v) is 8.13. The highest BCUT2D eigenvalue weighted by Gasteiger charge is 2.33. The first-order valence-electron chi connectivity index (χ1n) is 4.43. The molecule has 1 aliphatic rings. The first-order valence-corrected chi connectivity index (χ1v) is 4.80. The van der Waals surface area contributed by atoms with Crippen molar-refractivity contribution in [3.63, 3.8) is 0 Å². The van der Waals surface area contributed by atoms with Crippen molar-refractivity contribution in [2.24, 2.45) is 5.92 Å². The van der Waals surface area contributed by atoms with Crippen LogP contribution in [0.3, 0.4) is 0 Å². The van der Waals surface area contributed by atoms with Crippen molar-refractivity contribution in [2.45, 2.75) is 18.8 Å². The molecule has 1 heterocycles. The van der Waals surface area contributed by atoms with E-state index in [2.05, 4.69) is 11.1 Å². The molecule has 1 aliphatic carbocycles. The lowest BCUT2D eigenvalue weighted by atomic mass is 10.0. The summed E-state index contributed by atoms with van der Waals surface area (Å²) >= 11 is 5.62. The molecular formula is C10H8ClFN2. The molecule has 0 saturated heterocycles. The van der Waals surface area contributed by atoms with Crippen molar-refractivity contribution in [1.82, 2.24) is 4.98 Å². The van der Waals surface area contributed by atoms with Gasteiger partial charge in [-0.25, -0.2) is 4.39 Å². The highest BCUT2D eigenvalue weighted by Crippen LogP contribution is 2.41. The Bertz CT molecular complexity index is 396. The molecule has 0 bridgehead atoms. The van der Waals surface area contributed by atoms with Crippen molar-refractivity contribution >= 4 is 11.6 Å². The molecule has 0 amide bonds. The van der Waals surface area contributed by atoms with E-state index >= 15 is 0 Å². The molecule has 1 aromatic heterocycles. The molecular weight excluding hydrogens is 203 g/mol. The van der Waals surface area contributed by atoms with E-state index in [1.54, 1.807) is 0 Å². The van der Waals surface area contributed by atoms with E-state index in [0.717, 1.165) is 19.0 Å². The van der Waals surface area contributed by atoms with E-state index < -0.39 is 5.82 Å². The Kier molecular flexibility index (Phi) is 2.39. The zero-order chi connectivity index (χ0) is 10.1. The SMILES string of the molecule is N#CC(c1cc(Cl)c(F)cn1)C1CC1. The van der Waals surface area contributed by atoms with E-state index in [0.29, 0.717) is 11.6 Å². The number of hydrogen-bond acceptors (Lipinski definition) is 2. The van der Waals surface area contributed by atoms with Gasteiger partial charge >= 0.3 is 0 Å². The number of nitrogens with zero attached hydrogens (tertiary/aromatic N) is 2. The molecule has 1 atom stereocenters. The van der Waals surface area contributed by atoms with Gasteiger partial charge in [0.25, 0.3) is 0 Å². The van der Waals surface area contributed by atoms with Crippen LogP contribution < -0.4 is 0 Å². The Labute approximate surface area is 86.3 Å². The second-order valence-electron chi connectivity index (χ2n) is 3.47. The smallest absolute Gasteiger partial charge is 0.160 e. The number of pyridine rings is 1. The molecule has 2 nitrogen and oxygen atoms in total. The van der Waals surface area contributed by atoms with Crippen LogP contribution in [0.25, 0.3) is 0 Å². The lowest BCUT2D eigenvalue weighted by Crippen LogP contribution is -2.01. The molecule has 0 spiro atoms. The van der Waals surface area contributed by atoms with Crippen LogP contribution in [0.15, 0.2) is 12.3 Å². The van der Waals surface area contributed by atoms with Gasteiger partial charge in [-0.05, 0) is 24.8 Å². The minimum atomic E-state index is -0.539. The van der Waals surface area contributed by atoms with Crippen molar-refractivity contribution in [3.05, 3.63) is 28.8 Å². The highest BCUT2D eigenvalue weighted by atomic mass is 35.5. The number of aromatic nitrogens is 1. The van der Waals surface area contributed by atoms with Gasteiger partial charge in [-0.2, -0.15) is 5.26 Å². The molecule has 1 aromatic rings. The van der Waals surface area contributed by atoms with Crippen LogP contribution in [0.4, 0.5) is 4.39 Å². The van der Waals surface area contributed by atoms with E-state index in [-0.39, 0.29) is 10.9 Å². The van der Waals surface area contributed by atoms with E-state index in [9.17, 15) is 4.39 Å². The molecule has 0 aliphatic heterocycles. The molecule has 1 saturated carbocycles. The summed E-state index contributed by atoms with van der Waals surface area (Å²) in [6.07, 6.45) is 3.17. The lowest BCUT2D eigenvalue weighted by Gasteiger charge is -2.06. The van der Waals surface area contributed by atoms with Crippen LogP contribution in [0.1, 0.15) is 24.5 Å². The molecule has 2 rings (SSSR count). The minimum Gasteiger partial charge on any atom is -0.257 e. The van der Waals surface area contributed by atoms with Crippen LogP contribution in [-0.4, -0.2) is 4.98 Å². The summed E-state index contributed by atoms with van der Waals surface area (Å²) in [7, 11) is 0. The molecule has 1 fully saturated rings. The summed E-state index contributed by atoms with van der Waals surface area (Å²) in [5, 5.41) is 8.96. The fourth-order valence-electron chi connectivity index (χ4n) is 1.44. The maximum atomic E-state index is 12.8. The number of rotatable bonds is 2. The second kappa shape index (κ2) is 3.55. The largest absolute Gasteiger partial charge is 0.257 e. The molecule has 0 N–H and O–H groups in total. The van der Waals surface area contributed by atoms with Crippen LogP contribution in [0.2, 0.25) is 5.02 Å². The standard InChI is InChI=1S/C10H8ClFN2/c11-8-3-10(14-5-9(8)12)7(4-13)6-1-2-6/h3,5-7H,1-2H2. The van der Waals surface area contributed by atoms with Crippen molar-refractivity contribution in [1.29, 1.82) is 5.26 Å². The average molecular weight is 211 g/mol. The predicted octanol–water partition coefficient (Wildman–Crippen LogP) is 2.89. The maximum absolute atomic E-state index is 12.8. The van der Waals surface area contributed by atoms with Crippen LogP contribution >= 0.6 is 11.6 Å².